The van der Waals surface area contributed by atoms with Gasteiger partial charge in [-0.25, -0.2) is 0 Å². The number of hydrogen-bond donors (Lipinski definition) is 0. The lowest BCUT2D eigenvalue weighted by Crippen LogP contribution is -2.47. The topological polar surface area (TPSA) is 94.3 Å². The highest BCUT2D eigenvalue weighted by atomic mass is 16.7. The molecule has 0 aromatic rings. The van der Waals surface area contributed by atoms with Crippen molar-refractivity contribution in [3.63, 3.8) is 0 Å². The molecular formula is C13H25N3O5. The van der Waals surface area contributed by atoms with Gasteiger partial charge in [0, 0.05) is 7.11 Å². The van der Waals surface area contributed by atoms with Crippen LogP contribution in [-0.2, 0) is 19.2 Å². The molecule has 0 unspecified atom stereocenters. The summed E-state index contributed by atoms with van der Waals surface area (Å²) in [6.07, 6.45) is 4.65. The van der Waals surface area contributed by atoms with Crippen molar-refractivity contribution in [2.45, 2.75) is 58.1 Å². The SMILES string of the molecule is COCCN(/[N+]([O-])=N/OC1CCCC1)C(C)(C)C.O=C=O. The van der Waals surface area contributed by atoms with Crippen LogP contribution in [0.3, 0.4) is 0 Å². The monoisotopic (exact) mass is 303 g/mol. The van der Waals surface area contributed by atoms with Crippen molar-refractivity contribution in [2.75, 3.05) is 20.3 Å². The van der Waals surface area contributed by atoms with Gasteiger partial charge in [-0.05, 0) is 46.5 Å². The van der Waals surface area contributed by atoms with Crippen molar-refractivity contribution < 1.29 is 24.1 Å². The summed E-state index contributed by atoms with van der Waals surface area (Å²) < 4.78 is 5.01. The highest BCUT2D eigenvalue weighted by Crippen LogP contribution is 2.21. The van der Waals surface area contributed by atoms with Gasteiger partial charge in [0.1, 0.15) is 12.6 Å². The molecule has 0 aromatic heterocycles. The normalized spacial score (nSPS) is 15.9. The second kappa shape index (κ2) is 10.1. The first-order valence-corrected chi connectivity index (χ1v) is 6.96. The molecule has 0 radical (unpaired) electrons. The van der Waals surface area contributed by atoms with Gasteiger partial charge in [-0.1, -0.05) is 0 Å². The van der Waals surface area contributed by atoms with Crippen LogP contribution >= 0.6 is 0 Å². The summed E-state index contributed by atoms with van der Waals surface area (Å²) in [5, 5.41) is 17.2. The number of hydrogen-bond acceptors (Lipinski definition) is 6. The summed E-state index contributed by atoms with van der Waals surface area (Å²) in [5.41, 5.74) is -0.317. The van der Waals surface area contributed by atoms with Crippen LogP contribution in [0.25, 0.3) is 0 Å². The molecule has 8 nitrogen and oxygen atoms in total. The maximum absolute atomic E-state index is 11.9. The van der Waals surface area contributed by atoms with Gasteiger partial charge in [-0.3, -0.25) is 0 Å². The Morgan fingerprint density at radius 2 is 1.86 bits per heavy atom. The maximum atomic E-state index is 11.9. The fraction of sp³-hybridized carbons (Fsp3) is 0.923. The van der Waals surface area contributed by atoms with E-state index < -0.39 is 0 Å². The molecule has 122 valence electrons. The van der Waals surface area contributed by atoms with E-state index in [1.807, 2.05) is 20.8 Å². The smallest absolute Gasteiger partial charge is 0.373 e. The summed E-state index contributed by atoms with van der Waals surface area (Å²) in [5.74, 6) is 0. The largest absolute Gasteiger partial charge is 0.569 e. The van der Waals surface area contributed by atoms with Crippen LogP contribution < -0.4 is 0 Å². The van der Waals surface area contributed by atoms with E-state index in [0.717, 1.165) is 25.7 Å². The molecule has 1 aliphatic carbocycles. The zero-order valence-corrected chi connectivity index (χ0v) is 13.2. The maximum Gasteiger partial charge on any atom is 0.373 e. The predicted octanol–water partition coefficient (Wildman–Crippen LogP) is 1.90. The van der Waals surface area contributed by atoms with Gasteiger partial charge in [-0.15, -0.1) is 5.01 Å². The van der Waals surface area contributed by atoms with E-state index in [-0.39, 0.29) is 17.8 Å². The highest BCUT2D eigenvalue weighted by molar-refractivity contribution is 5.20. The van der Waals surface area contributed by atoms with E-state index >= 15 is 0 Å². The molecule has 0 heterocycles. The van der Waals surface area contributed by atoms with E-state index in [1.165, 1.54) is 0 Å². The molecule has 0 atom stereocenters. The van der Waals surface area contributed by atoms with E-state index in [9.17, 15) is 5.21 Å². The van der Waals surface area contributed by atoms with Crippen LogP contribution in [0.5, 0.6) is 0 Å². The van der Waals surface area contributed by atoms with Crippen LogP contribution in [0.1, 0.15) is 46.5 Å². The van der Waals surface area contributed by atoms with Crippen molar-refractivity contribution in [3.8, 4) is 0 Å². The summed E-state index contributed by atoms with van der Waals surface area (Å²) in [6, 6.07) is 0. The lowest BCUT2D eigenvalue weighted by molar-refractivity contribution is -0.726. The standard InChI is InChI=1S/C12H25N3O3.CO2/c1-12(2,3)14(9-10-17-4)15(16)13-18-11-7-5-6-8-11;2-1-3/h11H,5-10H2,1-4H3;/b15-13-;. The number of hydrazine groups is 1. The molecule has 1 aliphatic rings. The van der Waals surface area contributed by atoms with E-state index in [4.69, 9.17) is 19.2 Å². The molecule has 8 heteroatoms. The summed E-state index contributed by atoms with van der Waals surface area (Å²) in [7, 11) is 1.61. The van der Waals surface area contributed by atoms with Crippen LogP contribution in [0, 0.1) is 5.21 Å². The Balaban J connectivity index is 0.00000122. The molecule has 1 rings (SSSR count). The van der Waals surface area contributed by atoms with Gasteiger partial charge in [0.2, 0.25) is 5.28 Å². The predicted molar refractivity (Wildman–Crippen MR) is 72.7 cm³/mol. The molecule has 0 saturated heterocycles. The van der Waals surface area contributed by atoms with E-state index in [1.54, 1.807) is 12.1 Å². The minimum Gasteiger partial charge on any atom is -0.569 e. The zero-order chi connectivity index (χ0) is 16.3. The third-order valence-corrected chi connectivity index (χ3v) is 3.06. The van der Waals surface area contributed by atoms with E-state index in [0.29, 0.717) is 18.1 Å². The number of ether oxygens (including phenoxy) is 1. The fourth-order valence-electron chi connectivity index (χ4n) is 2.00. The summed E-state index contributed by atoms with van der Waals surface area (Å²) in [4.78, 5) is 22.1. The molecule has 0 aliphatic heterocycles. The van der Waals surface area contributed by atoms with Crippen molar-refractivity contribution in [2.24, 2.45) is 5.28 Å². The van der Waals surface area contributed by atoms with Gasteiger partial charge in [0.05, 0.1) is 17.1 Å². The Morgan fingerprint density at radius 1 is 1.33 bits per heavy atom. The summed E-state index contributed by atoms with van der Waals surface area (Å²) in [6.45, 7) is 6.84. The minimum absolute atomic E-state index is 0.102. The lowest BCUT2D eigenvalue weighted by atomic mass is 10.1. The second-order valence-corrected chi connectivity index (χ2v) is 5.72. The molecule has 0 spiro atoms. The van der Waals surface area contributed by atoms with Gasteiger partial charge in [0.15, 0.2) is 0 Å². The van der Waals surface area contributed by atoms with Crippen LogP contribution in [-0.4, -0.2) is 48.0 Å². The first-order valence-electron chi connectivity index (χ1n) is 6.96. The van der Waals surface area contributed by atoms with Gasteiger partial charge in [0.25, 0.3) is 0 Å². The molecule has 21 heavy (non-hydrogen) atoms. The average molecular weight is 303 g/mol. The molecular weight excluding hydrogens is 278 g/mol. The Morgan fingerprint density at radius 3 is 2.29 bits per heavy atom. The van der Waals surface area contributed by atoms with Crippen LogP contribution in [0.2, 0.25) is 0 Å². The fourth-order valence-corrected chi connectivity index (χ4v) is 2.00. The number of nitrogens with zero attached hydrogens (tertiary/aromatic N) is 3. The van der Waals surface area contributed by atoms with Crippen molar-refractivity contribution >= 4 is 6.15 Å². The van der Waals surface area contributed by atoms with Gasteiger partial charge in [-0.2, -0.15) is 9.59 Å². The zero-order valence-electron chi connectivity index (χ0n) is 13.2. The highest BCUT2D eigenvalue weighted by Gasteiger charge is 2.29. The average Bonchev–Trinajstić information content (AvgIpc) is 2.89. The van der Waals surface area contributed by atoms with Crippen LogP contribution in [0.4, 0.5) is 0 Å². The quantitative estimate of drug-likeness (QED) is 0.422. The molecule has 0 aromatic carbocycles. The van der Waals surface area contributed by atoms with Crippen molar-refractivity contribution in [3.05, 3.63) is 5.21 Å². The second-order valence-electron chi connectivity index (χ2n) is 5.72. The Labute approximate surface area is 125 Å². The molecule has 0 N–H and O–H groups in total. The summed E-state index contributed by atoms with van der Waals surface area (Å²) >= 11 is 0. The molecule has 1 fully saturated rings. The minimum atomic E-state index is -0.317. The van der Waals surface area contributed by atoms with Crippen molar-refractivity contribution in [1.29, 1.82) is 0 Å². The van der Waals surface area contributed by atoms with Crippen molar-refractivity contribution in [1.82, 2.24) is 5.01 Å². The molecule has 0 amide bonds. The van der Waals surface area contributed by atoms with Gasteiger partial charge >= 0.3 is 6.15 Å². The number of methoxy groups -OCH3 is 1. The number of carbonyl (C=O) groups excluding carboxylic acids is 2. The first-order chi connectivity index (χ1) is 9.86. The Kier molecular flexibility index (Phi) is 9.32. The lowest BCUT2D eigenvalue weighted by Gasteiger charge is -2.30. The third-order valence-electron chi connectivity index (χ3n) is 3.06. The van der Waals surface area contributed by atoms with Crippen LogP contribution in [0.15, 0.2) is 5.28 Å². The number of rotatable bonds is 6. The Bertz CT molecular complexity index is 342. The van der Waals surface area contributed by atoms with Gasteiger partial charge < -0.3 is 14.8 Å². The molecule has 1 saturated carbocycles. The Hall–Kier alpha value is -1.66. The molecule has 0 bridgehead atoms. The van der Waals surface area contributed by atoms with E-state index in [2.05, 4.69) is 5.28 Å². The third kappa shape index (κ3) is 8.27. The first kappa shape index (κ1) is 19.3.